The number of methoxy groups -OCH3 is 3. The number of hydrogen-bond donors (Lipinski definition) is 1. The summed E-state index contributed by atoms with van der Waals surface area (Å²) in [5.74, 6) is 0.508. The first-order chi connectivity index (χ1) is 11.9. The van der Waals surface area contributed by atoms with E-state index >= 15 is 0 Å². The maximum Gasteiger partial charge on any atom is 0.271 e. The zero-order valence-corrected chi connectivity index (χ0v) is 14.4. The Balaban J connectivity index is 2.34. The molecule has 132 valence electrons. The van der Waals surface area contributed by atoms with Crippen LogP contribution in [-0.4, -0.2) is 32.2 Å². The third kappa shape index (κ3) is 3.92. The van der Waals surface area contributed by atoms with Gasteiger partial charge in [-0.3, -0.25) is 14.9 Å². The maximum absolute atomic E-state index is 12.5. The van der Waals surface area contributed by atoms with Gasteiger partial charge in [-0.15, -0.1) is 0 Å². The summed E-state index contributed by atoms with van der Waals surface area (Å²) in [4.78, 5) is 22.6. The van der Waals surface area contributed by atoms with Crippen LogP contribution in [0.2, 0.25) is 5.02 Å². The number of anilines is 1. The first kappa shape index (κ1) is 18.3. The summed E-state index contributed by atoms with van der Waals surface area (Å²) in [5.41, 5.74) is 0.311. The molecule has 0 atom stereocenters. The van der Waals surface area contributed by atoms with Crippen molar-refractivity contribution in [2.75, 3.05) is 26.6 Å². The van der Waals surface area contributed by atoms with Crippen molar-refractivity contribution in [3.63, 3.8) is 0 Å². The van der Waals surface area contributed by atoms with Crippen molar-refractivity contribution >= 4 is 28.9 Å². The maximum atomic E-state index is 12.5. The van der Waals surface area contributed by atoms with E-state index in [1.165, 1.54) is 45.6 Å². The minimum Gasteiger partial charge on any atom is -0.493 e. The van der Waals surface area contributed by atoms with Crippen LogP contribution in [0.15, 0.2) is 30.3 Å². The molecule has 2 rings (SSSR count). The molecule has 1 N–H and O–H groups in total. The fourth-order valence-electron chi connectivity index (χ4n) is 2.13. The summed E-state index contributed by atoms with van der Waals surface area (Å²) >= 11 is 5.98. The quantitative estimate of drug-likeness (QED) is 0.620. The highest BCUT2D eigenvalue weighted by Gasteiger charge is 2.18. The fourth-order valence-corrected chi connectivity index (χ4v) is 2.35. The molecule has 0 aromatic heterocycles. The summed E-state index contributed by atoms with van der Waals surface area (Å²) in [6, 6.07) is 6.73. The van der Waals surface area contributed by atoms with Crippen LogP contribution in [-0.2, 0) is 0 Å². The van der Waals surface area contributed by atoms with Gasteiger partial charge >= 0.3 is 0 Å². The van der Waals surface area contributed by atoms with E-state index in [9.17, 15) is 14.9 Å². The molecule has 0 aliphatic heterocycles. The Morgan fingerprint density at radius 2 is 1.68 bits per heavy atom. The van der Waals surface area contributed by atoms with Gasteiger partial charge in [-0.2, -0.15) is 0 Å². The molecule has 0 aliphatic carbocycles. The lowest BCUT2D eigenvalue weighted by atomic mass is 10.1. The number of nitrogens with zero attached hydrogens (tertiary/aromatic N) is 1. The zero-order valence-electron chi connectivity index (χ0n) is 13.7. The van der Waals surface area contributed by atoms with E-state index in [0.29, 0.717) is 17.2 Å². The van der Waals surface area contributed by atoms with Crippen LogP contribution in [0.25, 0.3) is 0 Å². The van der Waals surface area contributed by atoms with Gasteiger partial charge in [0.15, 0.2) is 11.5 Å². The number of nitro groups is 1. The second-order valence-corrected chi connectivity index (χ2v) is 5.20. The van der Waals surface area contributed by atoms with Gasteiger partial charge < -0.3 is 19.5 Å². The second kappa shape index (κ2) is 7.71. The molecule has 0 heterocycles. The molecule has 25 heavy (non-hydrogen) atoms. The summed E-state index contributed by atoms with van der Waals surface area (Å²) in [6.45, 7) is 0. The lowest BCUT2D eigenvalue weighted by molar-refractivity contribution is -0.384. The summed E-state index contributed by atoms with van der Waals surface area (Å²) in [7, 11) is 4.33. The molecule has 2 aromatic rings. The Bertz CT molecular complexity index is 799. The van der Waals surface area contributed by atoms with Crippen molar-refractivity contribution in [1.82, 2.24) is 0 Å². The molecule has 9 heteroatoms. The van der Waals surface area contributed by atoms with Crippen molar-refractivity contribution in [3.8, 4) is 17.2 Å². The predicted octanol–water partition coefficient (Wildman–Crippen LogP) is 3.53. The molecule has 1 amide bonds. The Morgan fingerprint density at radius 3 is 2.12 bits per heavy atom. The van der Waals surface area contributed by atoms with Gasteiger partial charge in [-0.1, -0.05) is 11.6 Å². The number of hydrogen-bond acceptors (Lipinski definition) is 6. The number of carbonyl (C=O) groups is 1. The molecule has 0 aliphatic rings. The molecule has 8 nitrogen and oxygen atoms in total. The van der Waals surface area contributed by atoms with Crippen LogP contribution in [0.3, 0.4) is 0 Å². The van der Waals surface area contributed by atoms with Gasteiger partial charge in [0.05, 0.1) is 37.0 Å². The third-order valence-corrected chi connectivity index (χ3v) is 3.65. The zero-order chi connectivity index (χ0) is 18.6. The van der Waals surface area contributed by atoms with Crippen molar-refractivity contribution in [2.45, 2.75) is 0 Å². The Morgan fingerprint density at radius 1 is 1.08 bits per heavy atom. The number of carbonyl (C=O) groups excluding carboxylic acids is 1. The van der Waals surface area contributed by atoms with Crippen LogP contribution in [0.5, 0.6) is 17.2 Å². The van der Waals surface area contributed by atoms with E-state index in [-0.39, 0.29) is 22.0 Å². The fraction of sp³-hybridized carbons (Fsp3) is 0.188. The van der Waals surface area contributed by atoms with Crippen LogP contribution >= 0.6 is 11.6 Å². The number of halogens is 1. The number of ether oxygens (including phenoxy) is 3. The lowest BCUT2D eigenvalue weighted by Crippen LogP contribution is -2.13. The first-order valence-corrected chi connectivity index (χ1v) is 7.34. The molecule has 0 bridgehead atoms. The van der Waals surface area contributed by atoms with Crippen LogP contribution in [0.1, 0.15) is 10.4 Å². The highest BCUT2D eigenvalue weighted by molar-refractivity contribution is 6.34. The summed E-state index contributed by atoms with van der Waals surface area (Å²) < 4.78 is 15.6. The van der Waals surface area contributed by atoms with E-state index in [1.807, 2.05) is 0 Å². The van der Waals surface area contributed by atoms with E-state index in [2.05, 4.69) is 5.32 Å². The monoisotopic (exact) mass is 366 g/mol. The van der Waals surface area contributed by atoms with E-state index < -0.39 is 10.8 Å². The highest BCUT2D eigenvalue weighted by Crippen LogP contribution is 2.38. The Hall–Kier alpha value is -3.00. The SMILES string of the molecule is COc1cc(C(=O)Nc2ccc([N+](=O)[O-])cc2Cl)cc(OC)c1OC. The number of benzene rings is 2. The number of rotatable bonds is 6. The molecule has 0 saturated carbocycles. The molecule has 0 saturated heterocycles. The molecular formula is C16H15ClN2O6. The molecule has 0 unspecified atom stereocenters. The normalized spacial score (nSPS) is 10.1. The average Bonchev–Trinajstić information content (AvgIpc) is 2.61. The standard InChI is InChI=1S/C16H15ClN2O6/c1-23-13-6-9(7-14(24-2)15(13)25-3)16(20)18-12-5-4-10(19(21)22)8-11(12)17/h4-8H,1-3H3,(H,18,20). The van der Waals surface area contributed by atoms with Crippen molar-refractivity contribution in [1.29, 1.82) is 0 Å². The van der Waals surface area contributed by atoms with Crippen LogP contribution in [0, 0.1) is 10.1 Å². The Labute approximate surface area is 148 Å². The van der Waals surface area contributed by atoms with Crippen LogP contribution < -0.4 is 19.5 Å². The molecular weight excluding hydrogens is 352 g/mol. The molecule has 2 aromatic carbocycles. The largest absolute Gasteiger partial charge is 0.493 e. The van der Waals surface area contributed by atoms with Gasteiger partial charge in [0, 0.05) is 17.7 Å². The van der Waals surface area contributed by atoms with E-state index in [4.69, 9.17) is 25.8 Å². The predicted molar refractivity (Wildman–Crippen MR) is 92.2 cm³/mol. The lowest BCUT2D eigenvalue weighted by Gasteiger charge is -2.14. The minimum atomic E-state index is -0.573. The summed E-state index contributed by atoms with van der Waals surface area (Å²) in [5, 5.41) is 13.4. The third-order valence-electron chi connectivity index (χ3n) is 3.34. The van der Waals surface area contributed by atoms with Gasteiger partial charge in [0.2, 0.25) is 5.75 Å². The number of non-ortho nitro benzene ring substituents is 1. The molecule has 0 fully saturated rings. The minimum absolute atomic E-state index is 0.0509. The number of amides is 1. The van der Waals surface area contributed by atoms with Gasteiger partial charge in [-0.25, -0.2) is 0 Å². The van der Waals surface area contributed by atoms with E-state index in [0.717, 1.165) is 6.07 Å². The van der Waals surface area contributed by atoms with E-state index in [1.54, 1.807) is 0 Å². The topological polar surface area (TPSA) is 99.9 Å². The van der Waals surface area contributed by atoms with Crippen molar-refractivity contribution in [3.05, 3.63) is 51.0 Å². The second-order valence-electron chi connectivity index (χ2n) is 4.79. The first-order valence-electron chi connectivity index (χ1n) is 6.96. The van der Waals surface area contributed by atoms with Crippen molar-refractivity contribution < 1.29 is 23.9 Å². The number of nitrogens with one attached hydrogen (secondary N) is 1. The van der Waals surface area contributed by atoms with Gasteiger partial charge in [0.1, 0.15) is 0 Å². The van der Waals surface area contributed by atoms with Gasteiger partial charge in [-0.05, 0) is 18.2 Å². The van der Waals surface area contributed by atoms with Gasteiger partial charge in [0.25, 0.3) is 11.6 Å². The molecule has 0 spiro atoms. The number of nitro benzene ring substituents is 1. The van der Waals surface area contributed by atoms with Crippen LogP contribution in [0.4, 0.5) is 11.4 Å². The average molecular weight is 367 g/mol. The Kier molecular flexibility index (Phi) is 5.66. The van der Waals surface area contributed by atoms with Crippen molar-refractivity contribution in [2.24, 2.45) is 0 Å². The summed E-state index contributed by atoms with van der Waals surface area (Å²) in [6.07, 6.45) is 0. The molecule has 0 radical (unpaired) electrons. The highest BCUT2D eigenvalue weighted by atomic mass is 35.5. The smallest absolute Gasteiger partial charge is 0.271 e.